The minimum absolute atomic E-state index is 0.247. The number of fused-ring (bicyclic) bond motifs is 1. The molecule has 1 aliphatic heterocycles. The molecule has 0 fully saturated rings. The van der Waals surface area contributed by atoms with Crippen LogP contribution in [0.25, 0.3) is 11.1 Å². The van der Waals surface area contributed by atoms with Crippen LogP contribution >= 0.6 is 12.2 Å². The van der Waals surface area contributed by atoms with Gasteiger partial charge < -0.3 is 10.1 Å². The number of thiocarbonyl (C=S) groups is 1. The Kier molecular flexibility index (Phi) is 4.85. The predicted octanol–water partition coefficient (Wildman–Crippen LogP) is 4.17. The molecule has 1 amide bonds. The third-order valence-corrected chi connectivity index (χ3v) is 4.61. The van der Waals surface area contributed by atoms with Gasteiger partial charge in [0.2, 0.25) is 0 Å². The number of benzene rings is 3. The number of hydrogen-bond donors (Lipinski definition) is 2. The Bertz CT molecular complexity index is 963. The summed E-state index contributed by atoms with van der Waals surface area (Å²) in [5.74, 6) is 0.509. The zero-order valence-electron chi connectivity index (χ0n) is 14.5. The van der Waals surface area contributed by atoms with E-state index in [4.69, 9.17) is 17.0 Å². The largest absolute Gasteiger partial charge is 0.480 e. The van der Waals surface area contributed by atoms with Crippen LogP contribution in [0.15, 0.2) is 78.9 Å². The Morgan fingerprint density at radius 1 is 0.926 bits per heavy atom. The lowest BCUT2D eigenvalue weighted by atomic mass is 10.1. The van der Waals surface area contributed by atoms with Crippen molar-refractivity contribution in [1.82, 2.24) is 5.32 Å². The molecule has 2 N–H and O–H groups in total. The molecule has 1 aliphatic rings. The number of nitrogens with one attached hydrogen (secondary N) is 2. The van der Waals surface area contributed by atoms with Gasteiger partial charge in [0.1, 0.15) is 5.75 Å². The standard InChI is InChI=1S/C22H18N2O2S/c25-21(20-14-17-9-4-5-12-19(17)26-20)24-22(27)23-18-11-6-10-16(13-18)15-7-2-1-3-8-15/h1-13,20H,14H2,(H2,23,24,25,27). The van der Waals surface area contributed by atoms with E-state index in [2.05, 4.69) is 10.6 Å². The fraction of sp³-hybridized carbons (Fsp3) is 0.0909. The van der Waals surface area contributed by atoms with Crippen LogP contribution in [0.1, 0.15) is 5.56 Å². The molecule has 0 saturated carbocycles. The van der Waals surface area contributed by atoms with Crippen molar-refractivity contribution in [1.29, 1.82) is 0 Å². The molecule has 0 radical (unpaired) electrons. The van der Waals surface area contributed by atoms with Crippen molar-refractivity contribution in [2.45, 2.75) is 12.5 Å². The smallest absolute Gasteiger partial charge is 0.267 e. The van der Waals surface area contributed by atoms with Crippen molar-refractivity contribution in [3.8, 4) is 16.9 Å². The minimum Gasteiger partial charge on any atom is -0.480 e. The molecule has 0 bridgehead atoms. The van der Waals surface area contributed by atoms with Gasteiger partial charge in [-0.1, -0.05) is 60.7 Å². The first-order chi connectivity index (χ1) is 13.2. The zero-order valence-corrected chi connectivity index (χ0v) is 15.3. The van der Waals surface area contributed by atoms with Gasteiger partial charge in [-0.3, -0.25) is 10.1 Å². The maximum Gasteiger partial charge on any atom is 0.267 e. The molecule has 1 atom stereocenters. The van der Waals surface area contributed by atoms with Crippen LogP contribution in [-0.2, 0) is 11.2 Å². The van der Waals surface area contributed by atoms with Crippen molar-refractivity contribution >= 4 is 28.9 Å². The fourth-order valence-corrected chi connectivity index (χ4v) is 3.31. The predicted molar refractivity (Wildman–Crippen MR) is 111 cm³/mol. The van der Waals surface area contributed by atoms with Crippen LogP contribution < -0.4 is 15.4 Å². The molecular formula is C22H18N2O2S. The normalized spacial score (nSPS) is 14.7. The molecule has 0 spiro atoms. The molecule has 27 heavy (non-hydrogen) atoms. The van der Waals surface area contributed by atoms with Gasteiger partial charge in [0, 0.05) is 12.1 Å². The number of anilines is 1. The van der Waals surface area contributed by atoms with Crippen LogP contribution in [0.3, 0.4) is 0 Å². The van der Waals surface area contributed by atoms with Crippen LogP contribution in [0, 0.1) is 0 Å². The van der Waals surface area contributed by atoms with Crippen LogP contribution in [0.2, 0.25) is 0 Å². The highest BCUT2D eigenvalue weighted by Gasteiger charge is 2.29. The number of carbonyl (C=O) groups is 1. The second-order valence-corrected chi connectivity index (χ2v) is 6.72. The number of amides is 1. The summed E-state index contributed by atoms with van der Waals surface area (Å²) in [5.41, 5.74) is 4.04. The van der Waals surface area contributed by atoms with Crippen LogP contribution in [-0.4, -0.2) is 17.1 Å². The summed E-state index contributed by atoms with van der Waals surface area (Å²) in [6.07, 6.45) is -0.00788. The lowest BCUT2D eigenvalue weighted by molar-refractivity contribution is -0.125. The Morgan fingerprint density at radius 2 is 1.67 bits per heavy atom. The highest BCUT2D eigenvalue weighted by Crippen LogP contribution is 2.28. The molecular weight excluding hydrogens is 356 g/mol. The fourth-order valence-electron chi connectivity index (χ4n) is 3.09. The quantitative estimate of drug-likeness (QED) is 0.676. The van der Waals surface area contributed by atoms with Gasteiger partial charge in [-0.25, -0.2) is 0 Å². The average molecular weight is 374 g/mol. The Morgan fingerprint density at radius 3 is 2.48 bits per heavy atom. The second-order valence-electron chi connectivity index (χ2n) is 6.31. The summed E-state index contributed by atoms with van der Waals surface area (Å²) in [6.45, 7) is 0. The van der Waals surface area contributed by atoms with Crippen LogP contribution in [0.5, 0.6) is 5.75 Å². The summed E-state index contributed by atoms with van der Waals surface area (Å²) >= 11 is 5.30. The second kappa shape index (κ2) is 7.60. The van der Waals surface area contributed by atoms with E-state index in [0.717, 1.165) is 28.1 Å². The third kappa shape index (κ3) is 3.99. The van der Waals surface area contributed by atoms with Gasteiger partial charge >= 0.3 is 0 Å². The number of carbonyl (C=O) groups excluding carboxylic acids is 1. The van der Waals surface area contributed by atoms with Gasteiger partial charge in [-0.2, -0.15) is 0 Å². The topological polar surface area (TPSA) is 50.4 Å². The number of rotatable bonds is 3. The summed E-state index contributed by atoms with van der Waals surface area (Å²) in [5, 5.41) is 6.05. The Balaban J connectivity index is 1.38. The van der Waals surface area contributed by atoms with Gasteiger partial charge in [-0.15, -0.1) is 0 Å². The first-order valence-corrected chi connectivity index (χ1v) is 9.12. The molecule has 1 heterocycles. The van der Waals surface area contributed by atoms with E-state index in [9.17, 15) is 4.79 Å². The Hall–Kier alpha value is -3.18. The molecule has 134 valence electrons. The molecule has 3 aromatic carbocycles. The summed E-state index contributed by atoms with van der Waals surface area (Å²) in [6, 6.07) is 25.6. The first-order valence-electron chi connectivity index (χ1n) is 8.71. The lowest BCUT2D eigenvalue weighted by Gasteiger charge is -2.14. The molecule has 1 unspecified atom stereocenters. The molecule has 3 aromatic rings. The highest BCUT2D eigenvalue weighted by molar-refractivity contribution is 7.80. The van der Waals surface area contributed by atoms with Gasteiger partial charge in [0.25, 0.3) is 5.91 Å². The van der Waals surface area contributed by atoms with Crippen LogP contribution in [0.4, 0.5) is 5.69 Å². The molecule has 4 rings (SSSR count). The zero-order chi connectivity index (χ0) is 18.6. The van der Waals surface area contributed by atoms with E-state index in [1.54, 1.807) is 0 Å². The van der Waals surface area contributed by atoms with Crippen molar-refractivity contribution in [2.24, 2.45) is 0 Å². The molecule has 0 aliphatic carbocycles. The molecule has 4 nitrogen and oxygen atoms in total. The van der Waals surface area contributed by atoms with E-state index in [1.165, 1.54) is 0 Å². The van der Waals surface area contributed by atoms with E-state index >= 15 is 0 Å². The maximum absolute atomic E-state index is 12.4. The SMILES string of the molecule is O=C(NC(=S)Nc1cccc(-c2ccccc2)c1)C1Cc2ccccc2O1. The van der Waals surface area contributed by atoms with Gasteiger partial charge in [0.05, 0.1) is 0 Å². The summed E-state index contributed by atoms with van der Waals surface area (Å²) < 4.78 is 5.70. The summed E-state index contributed by atoms with van der Waals surface area (Å²) in [4.78, 5) is 12.4. The summed E-state index contributed by atoms with van der Waals surface area (Å²) in [7, 11) is 0. The van der Waals surface area contributed by atoms with E-state index in [-0.39, 0.29) is 11.0 Å². The molecule has 0 saturated heterocycles. The molecule has 5 heteroatoms. The highest BCUT2D eigenvalue weighted by atomic mass is 32.1. The Labute approximate surface area is 163 Å². The van der Waals surface area contributed by atoms with E-state index in [1.807, 2.05) is 78.9 Å². The lowest BCUT2D eigenvalue weighted by Crippen LogP contribution is -2.42. The number of para-hydroxylation sites is 1. The maximum atomic E-state index is 12.4. The van der Waals surface area contributed by atoms with Gasteiger partial charge in [-0.05, 0) is 47.1 Å². The van der Waals surface area contributed by atoms with Crippen molar-refractivity contribution in [2.75, 3.05) is 5.32 Å². The number of hydrogen-bond acceptors (Lipinski definition) is 3. The van der Waals surface area contributed by atoms with Crippen molar-refractivity contribution < 1.29 is 9.53 Å². The van der Waals surface area contributed by atoms with Crippen molar-refractivity contribution in [3.05, 3.63) is 84.4 Å². The molecule has 0 aromatic heterocycles. The monoisotopic (exact) mass is 374 g/mol. The van der Waals surface area contributed by atoms with Gasteiger partial charge in [0.15, 0.2) is 11.2 Å². The average Bonchev–Trinajstić information content (AvgIpc) is 3.13. The van der Waals surface area contributed by atoms with Crippen molar-refractivity contribution in [3.63, 3.8) is 0 Å². The first kappa shape index (κ1) is 17.2. The van der Waals surface area contributed by atoms with E-state index < -0.39 is 6.10 Å². The number of ether oxygens (including phenoxy) is 1. The third-order valence-electron chi connectivity index (χ3n) is 4.40. The van der Waals surface area contributed by atoms with E-state index in [0.29, 0.717) is 6.42 Å². The minimum atomic E-state index is -0.558.